The molecule has 30 heavy (non-hydrogen) atoms. The van der Waals surface area contributed by atoms with Crippen molar-refractivity contribution < 1.29 is 19.1 Å². The van der Waals surface area contributed by atoms with Crippen LogP contribution < -0.4 is 16.4 Å². The maximum Gasteiger partial charge on any atom is 0.306 e. The largest absolute Gasteiger partial charge is 0.466 e. The van der Waals surface area contributed by atoms with E-state index in [1.54, 1.807) is 49.5 Å². The number of amidine groups is 1. The number of hydrogen-bond donors (Lipinski definition) is 4. The predicted octanol–water partition coefficient (Wildman–Crippen LogP) is 2.22. The average Bonchev–Trinajstić information content (AvgIpc) is 2.72. The summed E-state index contributed by atoms with van der Waals surface area (Å²) in [6.07, 6.45) is 2.09. The number of aromatic nitrogens is 1. The van der Waals surface area contributed by atoms with E-state index in [2.05, 4.69) is 15.6 Å². The molecule has 0 aliphatic rings. The number of ether oxygens (including phenoxy) is 1. The van der Waals surface area contributed by atoms with Crippen LogP contribution in [0.5, 0.6) is 0 Å². The molecule has 0 bridgehead atoms. The van der Waals surface area contributed by atoms with Crippen LogP contribution in [-0.2, 0) is 25.5 Å². The fourth-order valence-corrected chi connectivity index (χ4v) is 2.60. The van der Waals surface area contributed by atoms with Gasteiger partial charge in [0.2, 0.25) is 11.8 Å². The number of benzene rings is 1. The van der Waals surface area contributed by atoms with Gasteiger partial charge in [-0.25, -0.2) is 4.98 Å². The van der Waals surface area contributed by atoms with Crippen molar-refractivity contribution in [1.82, 2.24) is 4.98 Å². The molecule has 2 amide bonds. The van der Waals surface area contributed by atoms with Crippen LogP contribution in [0.3, 0.4) is 0 Å². The molecule has 0 saturated carbocycles. The summed E-state index contributed by atoms with van der Waals surface area (Å²) in [6, 6.07) is 10.0. The normalized spacial score (nSPS) is 10.2. The van der Waals surface area contributed by atoms with Gasteiger partial charge in [0.25, 0.3) is 0 Å². The summed E-state index contributed by atoms with van der Waals surface area (Å²) in [6.45, 7) is 2.06. The van der Waals surface area contributed by atoms with Gasteiger partial charge in [0, 0.05) is 36.7 Å². The minimum Gasteiger partial charge on any atom is -0.466 e. The number of esters is 1. The van der Waals surface area contributed by atoms with Gasteiger partial charge in [-0.15, -0.1) is 0 Å². The smallest absolute Gasteiger partial charge is 0.306 e. The monoisotopic (exact) mass is 411 g/mol. The highest BCUT2D eigenvalue weighted by atomic mass is 16.5. The van der Waals surface area contributed by atoms with Crippen molar-refractivity contribution >= 4 is 35.1 Å². The number of rotatable bonds is 10. The third kappa shape index (κ3) is 7.34. The first kappa shape index (κ1) is 22.5. The van der Waals surface area contributed by atoms with Gasteiger partial charge in [0.05, 0.1) is 6.61 Å². The van der Waals surface area contributed by atoms with Gasteiger partial charge in [-0.05, 0) is 49.2 Å². The fourth-order valence-electron chi connectivity index (χ4n) is 2.60. The topological polar surface area (TPSA) is 147 Å². The Kier molecular flexibility index (Phi) is 8.49. The summed E-state index contributed by atoms with van der Waals surface area (Å²) in [4.78, 5) is 40.0. The van der Waals surface area contributed by atoms with E-state index >= 15 is 0 Å². The summed E-state index contributed by atoms with van der Waals surface area (Å²) in [5, 5.41) is 12.7. The van der Waals surface area contributed by atoms with Gasteiger partial charge in [-0.3, -0.25) is 19.8 Å². The van der Waals surface area contributed by atoms with E-state index in [1.807, 2.05) is 0 Å². The average molecular weight is 411 g/mol. The first-order valence-corrected chi connectivity index (χ1v) is 9.52. The summed E-state index contributed by atoms with van der Waals surface area (Å²) >= 11 is 0. The van der Waals surface area contributed by atoms with Gasteiger partial charge < -0.3 is 21.1 Å². The number of nitrogens with one attached hydrogen (secondary N) is 3. The lowest BCUT2D eigenvalue weighted by molar-refractivity contribution is -0.143. The first-order valence-electron chi connectivity index (χ1n) is 9.52. The molecular weight excluding hydrogens is 386 g/mol. The molecule has 0 unspecified atom stereocenters. The van der Waals surface area contributed by atoms with E-state index in [1.165, 1.54) is 0 Å². The van der Waals surface area contributed by atoms with Crippen molar-refractivity contribution in [1.29, 1.82) is 5.41 Å². The highest BCUT2D eigenvalue weighted by Gasteiger charge is 2.12. The number of carbonyl (C=O) groups is 3. The van der Waals surface area contributed by atoms with Crippen molar-refractivity contribution in [2.24, 2.45) is 5.73 Å². The predicted molar refractivity (Wildman–Crippen MR) is 113 cm³/mol. The minimum atomic E-state index is -0.354. The summed E-state index contributed by atoms with van der Waals surface area (Å²) < 4.78 is 4.91. The highest BCUT2D eigenvalue weighted by molar-refractivity contribution is 5.98. The van der Waals surface area contributed by atoms with E-state index in [-0.39, 0.29) is 42.9 Å². The molecule has 0 aliphatic carbocycles. The number of nitrogen functional groups attached to an aromatic ring is 1. The van der Waals surface area contributed by atoms with Crippen molar-refractivity contribution in [3.8, 4) is 0 Å². The number of hydrogen-bond acceptors (Lipinski definition) is 6. The molecule has 0 saturated heterocycles. The van der Waals surface area contributed by atoms with Gasteiger partial charge in [0.1, 0.15) is 11.7 Å². The van der Waals surface area contributed by atoms with Gasteiger partial charge >= 0.3 is 5.97 Å². The standard InChI is InChI=1S/C21H25N5O4/c1-2-30-19(29)12-7-15-4-3-13-24-21(15)26-18(28)11-10-17(27)25-16-8-5-14(6-9-16)20(22)23/h3-6,8-9,13H,2,7,10-12H2,1H3,(H3,22,23)(H,25,27)(H,24,26,28). The quantitative estimate of drug-likeness (QED) is 0.268. The number of anilines is 2. The molecule has 1 aromatic carbocycles. The van der Waals surface area contributed by atoms with Crippen molar-refractivity contribution in [3.05, 3.63) is 53.7 Å². The van der Waals surface area contributed by atoms with Crippen LogP contribution in [0.2, 0.25) is 0 Å². The lowest BCUT2D eigenvalue weighted by Crippen LogP contribution is -2.19. The molecule has 2 aromatic rings. The summed E-state index contributed by atoms with van der Waals surface area (Å²) in [5.74, 6) is -0.670. The molecule has 5 N–H and O–H groups in total. The van der Waals surface area contributed by atoms with Crippen molar-refractivity contribution in [3.63, 3.8) is 0 Å². The number of carbonyl (C=O) groups excluding carboxylic acids is 3. The van der Waals surface area contributed by atoms with E-state index in [4.69, 9.17) is 15.9 Å². The lowest BCUT2D eigenvalue weighted by Gasteiger charge is -2.10. The van der Waals surface area contributed by atoms with Gasteiger partial charge in [0.15, 0.2) is 0 Å². The molecule has 0 spiro atoms. The van der Waals surface area contributed by atoms with Gasteiger partial charge in [-0.1, -0.05) is 6.07 Å². The molecular formula is C21H25N5O4. The van der Waals surface area contributed by atoms with Crippen LogP contribution in [0.25, 0.3) is 0 Å². The maximum atomic E-state index is 12.2. The molecule has 1 aromatic heterocycles. The Balaban J connectivity index is 1.83. The molecule has 0 aliphatic heterocycles. The molecule has 158 valence electrons. The second-order valence-electron chi connectivity index (χ2n) is 6.40. The second kappa shape index (κ2) is 11.3. The SMILES string of the molecule is CCOC(=O)CCc1cccnc1NC(=O)CCC(=O)Nc1ccc(C(=N)N)cc1. The number of pyridine rings is 1. The fraction of sp³-hybridized carbons (Fsp3) is 0.286. The zero-order valence-electron chi connectivity index (χ0n) is 16.7. The maximum absolute atomic E-state index is 12.2. The Hall–Kier alpha value is -3.75. The molecule has 9 nitrogen and oxygen atoms in total. The number of amides is 2. The molecule has 0 radical (unpaired) electrons. The molecule has 9 heteroatoms. The number of aryl methyl sites for hydroxylation is 1. The zero-order chi connectivity index (χ0) is 21.9. The summed E-state index contributed by atoms with van der Waals surface area (Å²) in [5.41, 5.74) is 7.22. The molecule has 0 atom stereocenters. The van der Waals surface area contributed by atoms with E-state index in [0.29, 0.717) is 35.7 Å². The van der Waals surface area contributed by atoms with Crippen molar-refractivity contribution in [2.45, 2.75) is 32.6 Å². The van der Waals surface area contributed by atoms with Crippen LogP contribution in [0.4, 0.5) is 11.5 Å². The second-order valence-corrected chi connectivity index (χ2v) is 6.40. The zero-order valence-corrected chi connectivity index (χ0v) is 16.7. The van der Waals surface area contributed by atoms with Crippen LogP contribution >= 0.6 is 0 Å². The Morgan fingerprint density at radius 1 is 1.03 bits per heavy atom. The molecule has 1 heterocycles. The lowest BCUT2D eigenvalue weighted by atomic mass is 10.1. The van der Waals surface area contributed by atoms with E-state index in [0.717, 1.165) is 0 Å². The van der Waals surface area contributed by atoms with E-state index in [9.17, 15) is 14.4 Å². The van der Waals surface area contributed by atoms with Crippen LogP contribution in [-0.4, -0.2) is 35.2 Å². The molecule has 2 rings (SSSR count). The first-order chi connectivity index (χ1) is 14.4. The van der Waals surface area contributed by atoms with Crippen LogP contribution in [0, 0.1) is 5.41 Å². The number of nitrogens with two attached hydrogens (primary N) is 1. The Labute approximate surface area is 174 Å². The number of nitrogens with zero attached hydrogens (tertiary/aromatic N) is 1. The van der Waals surface area contributed by atoms with Crippen LogP contribution in [0.15, 0.2) is 42.6 Å². The highest BCUT2D eigenvalue weighted by Crippen LogP contribution is 2.15. The Morgan fingerprint density at radius 2 is 1.70 bits per heavy atom. The third-order valence-electron chi connectivity index (χ3n) is 4.11. The Bertz CT molecular complexity index is 912. The Morgan fingerprint density at radius 3 is 2.33 bits per heavy atom. The third-order valence-corrected chi connectivity index (χ3v) is 4.11. The van der Waals surface area contributed by atoms with E-state index < -0.39 is 0 Å². The van der Waals surface area contributed by atoms with Gasteiger partial charge in [-0.2, -0.15) is 0 Å². The molecule has 0 fully saturated rings. The minimum absolute atomic E-state index is 0.00864. The van der Waals surface area contributed by atoms with Crippen molar-refractivity contribution in [2.75, 3.05) is 17.2 Å². The summed E-state index contributed by atoms with van der Waals surface area (Å²) in [7, 11) is 0. The van der Waals surface area contributed by atoms with Crippen LogP contribution in [0.1, 0.15) is 37.3 Å².